The highest BCUT2D eigenvalue weighted by Crippen LogP contribution is 2.41. The number of nitrogens with one attached hydrogen (secondary N) is 2. The van der Waals surface area contributed by atoms with Crippen molar-refractivity contribution in [1.29, 1.82) is 0 Å². The molecule has 0 saturated carbocycles. The lowest BCUT2D eigenvalue weighted by molar-refractivity contribution is -0.143. The van der Waals surface area contributed by atoms with E-state index in [1.165, 1.54) is 17.8 Å². The smallest absolute Gasteiger partial charge is 0.372 e. The van der Waals surface area contributed by atoms with E-state index < -0.39 is 52.3 Å². The Balaban J connectivity index is 1.64. The van der Waals surface area contributed by atoms with Crippen LogP contribution in [0.3, 0.4) is 0 Å². The molecule has 0 spiro atoms. The average Bonchev–Trinajstić information content (AvgIpc) is 3.33. The Hall–Kier alpha value is -3.65. The maximum absolute atomic E-state index is 13.4. The summed E-state index contributed by atoms with van der Waals surface area (Å²) in [5, 5.41) is 9.39. The number of hydrogen-bond acceptors (Lipinski definition) is 5. The minimum Gasteiger partial charge on any atom is -0.372 e. The SMILES string of the molecule is C[C@@H](OC[C@@]1(c2ccccc2)CCC(CC(N)=O)(n2cn[nH]c2=O)CN1)c1cc(C(F)(F)F)cc(C(F)(F)F)c1. The Morgan fingerprint density at radius 1 is 1.07 bits per heavy atom. The van der Waals surface area contributed by atoms with Crippen molar-refractivity contribution in [3.63, 3.8) is 0 Å². The summed E-state index contributed by atoms with van der Waals surface area (Å²) in [4.78, 5) is 24.3. The van der Waals surface area contributed by atoms with E-state index in [1.807, 2.05) is 0 Å². The van der Waals surface area contributed by atoms with Crippen molar-refractivity contribution in [2.45, 2.75) is 55.7 Å². The van der Waals surface area contributed by atoms with Crippen LogP contribution in [0.25, 0.3) is 0 Å². The number of nitrogens with zero attached hydrogens (tertiary/aromatic N) is 2. The highest BCUT2D eigenvalue weighted by atomic mass is 19.4. The zero-order valence-electron chi connectivity index (χ0n) is 21.3. The molecule has 3 aromatic rings. The molecule has 0 radical (unpaired) electrons. The lowest BCUT2D eigenvalue weighted by Crippen LogP contribution is -2.61. The Kier molecular flexibility index (Phi) is 7.87. The van der Waals surface area contributed by atoms with Gasteiger partial charge in [0.1, 0.15) is 6.33 Å². The van der Waals surface area contributed by atoms with Crippen LogP contribution in [0.2, 0.25) is 0 Å². The van der Waals surface area contributed by atoms with E-state index in [4.69, 9.17) is 10.5 Å². The summed E-state index contributed by atoms with van der Waals surface area (Å²) in [5.74, 6) is -0.642. The number of H-pyrrole nitrogens is 1. The number of carbonyl (C=O) groups excluding carboxylic acids is 1. The third-order valence-electron chi connectivity index (χ3n) is 7.33. The zero-order valence-corrected chi connectivity index (χ0v) is 21.3. The molecule has 216 valence electrons. The minimum absolute atomic E-state index is 0.0699. The van der Waals surface area contributed by atoms with Crippen molar-refractivity contribution in [3.8, 4) is 0 Å². The Morgan fingerprint density at radius 2 is 1.70 bits per heavy atom. The van der Waals surface area contributed by atoms with Gasteiger partial charge in [0, 0.05) is 6.54 Å². The van der Waals surface area contributed by atoms with Gasteiger partial charge in [-0.25, -0.2) is 9.89 Å². The molecule has 1 fully saturated rings. The normalized spacial score (nSPS) is 22.7. The second-order valence-electron chi connectivity index (χ2n) is 9.99. The lowest BCUT2D eigenvalue weighted by Gasteiger charge is -2.47. The molecule has 4 rings (SSSR count). The molecule has 8 nitrogen and oxygen atoms in total. The van der Waals surface area contributed by atoms with E-state index in [9.17, 15) is 35.9 Å². The van der Waals surface area contributed by atoms with Crippen LogP contribution in [-0.2, 0) is 33.0 Å². The Bertz CT molecular complexity index is 1360. The van der Waals surface area contributed by atoms with Crippen molar-refractivity contribution in [2.75, 3.05) is 13.2 Å². The van der Waals surface area contributed by atoms with Crippen LogP contribution in [0, 0.1) is 0 Å². The van der Waals surface area contributed by atoms with E-state index in [1.54, 1.807) is 30.3 Å². The predicted octanol–water partition coefficient (Wildman–Crippen LogP) is 4.24. The quantitative estimate of drug-likeness (QED) is 0.350. The first-order chi connectivity index (χ1) is 18.7. The van der Waals surface area contributed by atoms with Crippen molar-refractivity contribution >= 4 is 5.91 Å². The van der Waals surface area contributed by atoms with Gasteiger partial charge in [0.2, 0.25) is 5.91 Å². The van der Waals surface area contributed by atoms with Gasteiger partial charge in [-0.05, 0) is 49.1 Å². The molecule has 4 N–H and O–H groups in total. The van der Waals surface area contributed by atoms with Gasteiger partial charge in [0.25, 0.3) is 0 Å². The molecule has 1 unspecified atom stereocenters. The first kappa shape index (κ1) is 29.3. The predicted molar refractivity (Wildman–Crippen MR) is 131 cm³/mol. The fourth-order valence-electron chi connectivity index (χ4n) is 5.10. The van der Waals surface area contributed by atoms with Gasteiger partial charge in [0.05, 0.1) is 41.3 Å². The first-order valence-electron chi connectivity index (χ1n) is 12.3. The van der Waals surface area contributed by atoms with Crippen molar-refractivity contribution in [1.82, 2.24) is 20.1 Å². The Morgan fingerprint density at radius 3 is 2.17 bits per heavy atom. The largest absolute Gasteiger partial charge is 0.416 e. The first-order valence-corrected chi connectivity index (χ1v) is 12.3. The Labute approximate surface area is 224 Å². The number of alkyl halides is 6. The van der Waals surface area contributed by atoms with Gasteiger partial charge >= 0.3 is 18.0 Å². The fraction of sp³-hybridized carbons (Fsp3) is 0.423. The zero-order chi connectivity index (χ0) is 29.3. The van der Waals surface area contributed by atoms with E-state index in [0.29, 0.717) is 12.1 Å². The summed E-state index contributed by atoms with van der Waals surface area (Å²) in [5.41, 5.74) is 0.565. The van der Waals surface area contributed by atoms with Crippen LogP contribution in [0.1, 0.15) is 54.5 Å². The summed E-state index contributed by atoms with van der Waals surface area (Å²) < 4.78 is 87.6. The van der Waals surface area contributed by atoms with Crippen LogP contribution >= 0.6 is 0 Å². The number of piperidine rings is 1. The highest BCUT2D eigenvalue weighted by Gasteiger charge is 2.46. The molecule has 0 bridgehead atoms. The van der Waals surface area contributed by atoms with Gasteiger partial charge in [-0.2, -0.15) is 31.4 Å². The molecular weight excluding hydrogens is 544 g/mol. The van der Waals surface area contributed by atoms with Gasteiger partial charge in [-0.15, -0.1) is 0 Å². The molecule has 1 aromatic heterocycles. The number of hydrogen-bond donors (Lipinski definition) is 3. The number of rotatable bonds is 8. The summed E-state index contributed by atoms with van der Waals surface area (Å²) in [7, 11) is 0. The number of ether oxygens (including phenoxy) is 1. The molecule has 1 aliphatic heterocycles. The summed E-state index contributed by atoms with van der Waals surface area (Å²) in [6, 6.07) is 10.3. The van der Waals surface area contributed by atoms with Gasteiger partial charge in [-0.3, -0.25) is 9.36 Å². The third-order valence-corrected chi connectivity index (χ3v) is 7.33. The maximum Gasteiger partial charge on any atom is 0.416 e. The molecular formula is C26H27F6N5O3. The molecule has 14 heteroatoms. The fourth-order valence-corrected chi connectivity index (χ4v) is 5.10. The number of aromatic amines is 1. The third kappa shape index (κ3) is 6.07. The summed E-state index contributed by atoms with van der Waals surface area (Å²) in [6.45, 7) is 1.31. The van der Waals surface area contributed by atoms with Crippen LogP contribution in [0.5, 0.6) is 0 Å². The number of amides is 1. The molecule has 2 heterocycles. The highest BCUT2D eigenvalue weighted by molar-refractivity contribution is 5.75. The monoisotopic (exact) mass is 571 g/mol. The minimum atomic E-state index is -4.99. The van der Waals surface area contributed by atoms with E-state index in [-0.39, 0.29) is 44.0 Å². The van der Waals surface area contributed by atoms with Crippen molar-refractivity contribution < 1.29 is 35.9 Å². The average molecular weight is 572 g/mol. The van der Waals surface area contributed by atoms with Gasteiger partial charge in [0.15, 0.2) is 0 Å². The van der Waals surface area contributed by atoms with Crippen LogP contribution < -0.4 is 16.7 Å². The van der Waals surface area contributed by atoms with Crippen LogP contribution in [0.15, 0.2) is 59.7 Å². The van der Waals surface area contributed by atoms with E-state index in [0.717, 1.165) is 5.56 Å². The molecule has 1 amide bonds. The second kappa shape index (κ2) is 10.7. The van der Waals surface area contributed by atoms with Crippen molar-refractivity contribution in [2.24, 2.45) is 5.73 Å². The van der Waals surface area contributed by atoms with Crippen LogP contribution in [0.4, 0.5) is 26.3 Å². The maximum atomic E-state index is 13.4. The van der Waals surface area contributed by atoms with E-state index in [2.05, 4.69) is 15.5 Å². The lowest BCUT2D eigenvalue weighted by atomic mass is 9.75. The second-order valence-corrected chi connectivity index (χ2v) is 9.99. The van der Waals surface area contributed by atoms with Crippen molar-refractivity contribution in [3.05, 3.63) is 87.6 Å². The number of halogens is 6. The number of aromatic nitrogens is 3. The topological polar surface area (TPSA) is 115 Å². The summed E-state index contributed by atoms with van der Waals surface area (Å²) >= 11 is 0. The van der Waals surface area contributed by atoms with Gasteiger partial charge < -0.3 is 15.8 Å². The molecule has 1 aliphatic rings. The molecule has 40 heavy (non-hydrogen) atoms. The molecule has 3 atom stereocenters. The molecule has 1 saturated heterocycles. The number of primary amides is 1. The van der Waals surface area contributed by atoms with Crippen LogP contribution in [-0.4, -0.2) is 33.8 Å². The molecule has 0 aliphatic carbocycles. The number of carbonyl (C=O) groups is 1. The number of benzene rings is 2. The van der Waals surface area contributed by atoms with Gasteiger partial charge in [-0.1, -0.05) is 30.3 Å². The van der Waals surface area contributed by atoms with E-state index >= 15 is 0 Å². The number of nitrogens with two attached hydrogens (primary N) is 1. The standard InChI is InChI=1S/C26H27F6N5O3/c1-16(17-9-19(25(27,28)29)11-20(10-17)26(30,31)32)40-14-24(18-5-3-2-4-6-18)8-7-23(13-34-24,12-21(33)38)37-15-35-36-22(37)39/h2-6,9-11,15-16,34H,7-8,12-14H2,1H3,(H2,33,38)(H,36,39)/t16-,23?,24-/m1/s1. The summed E-state index contributed by atoms with van der Waals surface area (Å²) in [6.07, 6.45) is -9.47. The molecule has 2 aromatic carbocycles.